The van der Waals surface area contributed by atoms with E-state index in [4.69, 9.17) is 0 Å². The highest BCUT2D eigenvalue weighted by atomic mass is 19.4. The van der Waals surface area contributed by atoms with Crippen molar-refractivity contribution >= 4 is 5.91 Å². The van der Waals surface area contributed by atoms with Crippen molar-refractivity contribution in [2.45, 2.75) is 12.2 Å². The van der Waals surface area contributed by atoms with Crippen LogP contribution in [0.1, 0.15) is 15.9 Å². The standard InChI is InChI=1S/C13H13F3N2O/c14-13(15,16)8-3-1-7(2-4-8)12(19)18-11-9-5-17-6-10(9)11/h1-4,9-11,17H,5-6H2,(H,18,19). The van der Waals surface area contributed by atoms with Crippen LogP contribution in [0.15, 0.2) is 24.3 Å². The number of halogens is 3. The van der Waals surface area contributed by atoms with Crippen LogP contribution >= 0.6 is 0 Å². The zero-order chi connectivity index (χ0) is 13.6. The summed E-state index contributed by atoms with van der Waals surface area (Å²) in [6.07, 6.45) is -4.37. The number of hydrogen-bond donors (Lipinski definition) is 2. The second kappa shape index (κ2) is 4.23. The van der Waals surface area contributed by atoms with Crippen LogP contribution in [0.2, 0.25) is 0 Å². The quantitative estimate of drug-likeness (QED) is 0.858. The maximum absolute atomic E-state index is 12.4. The fourth-order valence-electron chi connectivity index (χ4n) is 2.68. The number of alkyl halides is 3. The lowest BCUT2D eigenvalue weighted by Gasteiger charge is -2.09. The molecule has 1 amide bonds. The zero-order valence-corrected chi connectivity index (χ0v) is 10.00. The van der Waals surface area contributed by atoms with Gasteiger partial charge in [-0.25, -0.2) is 0 Å². The first kappa shape index (κ1) is 12.5. The highest BCUT2D eigenvalue weighted by molar-refractivity contribution is 5.94. The maximum atomic E-state index is 12.4. The van der Waals surface area contributed by atoms with E-state index in [9.17, 15) is 18.0 Å². The lowest BCUT2D eigenvalue weighted by atomic mass is 10.1. The molecular weight excluding hydrogens is 257 g/mol. The second-order valence-corrected chi connectivity index (χ2v) is 5.06. The third kappa shape index (κ3) is 2.32. The molecule has 1 saturated heterocycles. The smallest absolute Gasteiger partial charge is 0.349 e. The molecule has 2 N–H and O–H groups in total. The van der Waals surface area contributed by atoms with Crippen LogP contribution in [0.25, 0.3) is 0 Å². The monoisotopic (exact) mass is 270 g/mol. The fraction of sp³-hybridized carbons (Fsp3) is 0.462. The molecule has 0 radical (unpaired) electrons. The van der Waals surface area contributed by atoms with Crippen molar-refractivity contribution in [3.05, 3.63) is 35.4 Å². The van der Waals surface area contributed by atoms with Crippen LogP contribution in [-0.2, 0) is 6.18 Å². The molecule has 1 aliphatic heterocycles. The number of carbonyl (C=O) groups is 1. The van der Waals surface area contributed by atoms with Gasteiger partial charge in [0, 0.05) is 24.7 Å². The average Bonchev–Trinajstić information content (AvgIpc) is 2.81. The minimum Gasteiger partial charge on any atom is -0.349 e. The van der Waals surface area contributed by atoms with Crippen LogP contribution in [-0.4, -0.2) is 25.0 Å². The molecule has 0 aromatic heterocycles. The van der Waals surface area contributed by atoms with Crippen molar-refractivity contribution in [3.8, 4) is 0 Å². The first-order valence-corrected chi connectivity index (χ1v) is 6.15. The first-order chi connectivity index (χ1) is 8.97. The molecule has 3 nitrogen and oxygen atoms in total. The maximum Gasteiger partial charge on any atom is 0.416 e. The summed E-state index contributed by atoms with van der Waals surface area (Å²) < 4.78 is 37.2. The van der Waals surface area contributed by atoms with Gasteiger partial charge in [0.1, 0.15) is 0 Å². The lowest BCUT2D eigenvalue weighted by Crippen LogP contribution is -2.32. The van der Waals surface area contributed by atoms with Gasteiger partial charge < -0.3 is 10.6 Å². The second-order valence-electron chi connectivity index (χ2n) is 5.06. The summed E-state index contributed by atoms with van der Waals surface area (Å²) >= 11 is 0. The van der Waals surface area contributed by atoms with Crippen LogP contribution in [0.5, 0.6) is 0 Å². The molecule has 2 fully saturated rings. The molecule has 19 heavy (non-hydrogen) atoms. The van der Waals surface area contributed by atoms with Crippen molar-refractivity contribution in [3.63, 3.8) is 0 Å². The third-order valence-corrected chi connectivity index (χ3v) is 3.86. The lowest BCUT2D eigenvalue weighted by molar-refractivity contribution is -0.137. The highest BCUT2D eigenvalue weighted by Gasteiger charge is 2.53. The Morgan fingerprint density at radius 2 is 1.74 bits per heavy atom. The van der Waals surface area contributed by atoms with Crippen molar-refractivity contribution in [2.75, 3.05) is 13.1 Å². The van der Waals surface area contributed by atoms with Crippen molar-refractivity contribution < 1.29 is 18.0 Å². The van der Waals surface area contributed by atoms with Gasteiger partial charge in [-0.2, -0.15) is 13.2 Å². The largest absolute Gasteiger partial charge is 0.416 e. The Morgan fingerprint density at radius 1 is 1.16 bits per heavy atom. The summed E-state index contributed by atoms with van der Waals surface area (Å²) in [6.45, 7) is 1.81. The molecule has 1 aromatic rings. The number of fused-ring (bicyclic) bond motifs is 1. The van der Waals surface area contributed by atoms with Gasteiger partial charge in [0.15, 0.2) is 0 Å². The SMILES string of the molecule is O=C(NC1C2CNCC21)c1ccc(C(F)(F)F)cc1. The Labute approximate surface area is 108 Å². The highest BCUT2D eigenvalue weighted by Crippen LogP contribution is 2.41. The molecule has 102 valence electrons. The van der Waals surface area contributed by atoms with Gasteiger partial charge in [-0.3, -0.25) is 4.79 Å². The number of benzene rings is 1. The van der Waals surface area contributed by atoms with Gasteiger partial charge in [-0.1, -0.05) is 0 Å². The van der Waals surface area contributed by atoms with Crippen LogP contribution in [0, 0.1) is 11.8 Å². The van der Waals surface area contributed by atoms with E-state index in [1.807, 2.05) is 0 Å². The molecule has 1 aromatic carbocycles. The van der Waals surface area contributed by atoms with Gasteiger partial charge in [-0.05, 0) is 36.1 Å². The van der Waals surface area contributed by atoms with E-state index < -0.39 is 11.7 Å². The predicted molar refractivity (Wildman–Crippen MR) is 62.5 cm³/mol. The van der Waals surface area contributed by atoms with E-state index >= 15 is 0 Å². The van der Waals surface area contributed by atoms with E-state index in [-0.39, 0.29) is 17.5 Å². The predicted octanol–water partition coefficient (Wildman–Crippen LogP) is 1.65. The molecule has 1 saturated carbocycles. The number of piperidine rings is 1. The minimum atomic E-state index is -4.37. The molecular formula is C13H13F3N2O. The van der Waals surface area contributed by atoms with Gasteiger partial charge >= 0.3 is 6.18 Å². The summed E-state index contributed by atoms with van der Waals surface area (Å²) in [6, 6.07) is 4.48. The molecule has 6 heteroatoms. The Hall–Kier alpha value is -1.56. The summed E-state index contributed by atoms with van der Waals surface area (Å²) in [5.74, 6) is 0.671. The average molecular weight is 270 g/mol. The summed E-state index contributed by atoms with van der Waals surface area (Å²) in [5.41, 5.74) is -0.470. The Bertz CT molecular complexity index is 488. The van der Waals surface area contributed by atoms with E-state index in [1.54, 1.807) is 0 Å². The zero-order valence-electron chi connectivity index (χ0n) is 10.00. The summed E-state index contributed by atoms with van der Waals surface area (Å²) in [4.78, 5) is 11.9. The van der Waals surface area contributed by atoms with Gasteiger partial charge in [0.25, 0.3) is 5.91 Å². The topological polar surface area (TPSA) is 41.1 Å². The Morgan fingerprint density at radius 3 is 2.26 bits per heavy atom. The minimum absolute atomic E-state index is 0.177. The summed E-state index contributed by atoms with van der Waals surface area (Å²) in [5, 5.41) is 6.08. The number of carbonyl (C=O) groups excluding carboxylic acids is 1. The summed E-state index contributed by atoms with van der Waals surface area (Å²) in [7, 11) is 0. The molecule has 3 rings (SSSR count). The third-order valence-electron chi connectivity index (χ3n) is 3.86. The van der Waals surface area contributed by atoms with Crippen LogP contribution in [0.3, 0.4) is 0 Å². The Balaban J connectivity index is 1.64. The van der Waals surface area contributed by atoms with Crippen molar-refractivity contribution in [1.82, 2.24) is 10.6 Å². The van der Waals surface area contributed by atoms with Crippen LogP contribution < -0.4 is 10.6 Å². The molecule has 1 aliphatic carbocycles. The Kier molecular flexibility index (Phi) is 2.78. The van der Waals surface area contributed by atoms with Gasteiger partial charge in [0.05, 0.1) is 5.56 Å². The molecule has 0 spiro atoms. The number of amides is 1. The van der Waals surface area contributed by atoms with Gasteiger partial charge in [-0.15, -0.1) is 0 Å². The number of nitrogens with one attached hydrogen (secondary N) is 2. The molecule has 2 atom stereocenters. The van der Waals surface area contributed by atoms with E-state index in [0.717, 1.165) is 25.2 Å². The fourth-order valence-corrected chi connectivity index (χ4v) is 2.68. The molecule has 2 aliphatic rings. The first-order valence-electron chi connectivity index (χ1n) is 6.15. The van der Waals surface area contributed by atoms with Crippen molar-refractivity contribution in [2.24, 2.45) is 11.8 Å². The van der Waals surface area contributed by atoms with Crippen LogP contribution in [0.4, 0.5) is 13.2 Å². The molecule has 2 unspecified atom stereocenters. The molecule has 0 bridgehead atoms. The van der Waals surface area contributed by atoms with E-state index in [0.29, 0.717) is 11.8 Å². The number of rotatable bonds is 2. The van der Waals surface area contributed by atoms with E-state index in [1.165, 1.54) is 12.1 Å². The van der Waals surface area contributed by atoms with E-state index in [2.05, 4.69) is 10.6 Å². The number of hydrogen-bond acceptors (Lipinski definition) is 2. The normalized spacial score (nSPS) is 28.9. The molecule has 1 heterocycles. The van der Waals surface area contributed by atoms with Crippen molar-refractivity contribution in [1.29, 1.82) is 0 Å². The van der Waals surface area contributed by atoms with Gasteiger partial charge in [0.2, 0.25) is 0 Å².